The third kappa shape index (κ3) is 26.1. The number of hydrogen-bond acceptors (Lipinski definition) is 1. The molecule has 0 bridgehead atoms. The van der Waals surface area contributed by atoms with Gasteiger partial charge in [-0.1, -0.05) is 96.1 Å². The van der Waals surface area contributed by atoms with Crippen molar-refractivity contribution < 1.29 is 27.0 Å². The quantitative estimate of drug-likeness (QED) is 0.139. The van der Waals surface area contributed by atoms with Gasteiger partial charge >= 0.3 is 5.97 Å². The minimum Gasteiger partial charge on any atom is -0.481 e. The number of rotatable bonds is 19. The molecule has 1 N–H and O–H groups in total. The summed E-state index contributed by atoms with van der Waals surface area (Å²) in [6.45, 7) is 2.27. The van der Waals surface area contributed by atoms with Crippen LogP contribution in [-0.2, 0) is 21.9 Å². The van der Waals surface area contributed by atoms with Crippen molar-refractivity contribution in [2.45, 2.75) is 122 Å². The first-order chi connectivity index (χ1) is 11.8. The molecule has 0 amide bonds. The zero-order chi connectivity index (χ0) is 17.7. The van der Waals surface area contributed by atoms with Crippen LogP contribution >= 0.6 is 0 Å². The maximum atomic E-state index is 10.4. The first-order valence-corrected chi connectivity index (χ1v) is 10.6. The molecule has 25 heavy (non-hydrogen) atoms. The van der Waals surface area contributed by atoms with E-state index in [0.717, 1.165) is 12.8 Å². The molecule has 0 aliphatic carbocycles. The van der Waals surface area contributed by atoms with Gasteiger partial charge in [0.2, 0.25) is 0 Å². The van der Waals surface area contributed by atoms with E-state index in [0.29, 0.717) is 6.42 Å². The van der Waals surface area contributed by atoms with Gasteiger partial charge in [0.1, 0.15) is 0 Å². The molecule has 0 spiro atoms. The minimum absolute atomic E-state index is 0. The van der Waals surface area contributed by atoms with Gasteiger partial charge in [0, 0.05) is 23.5 Å². The van der Waals surface area contributed by atoms with E-state index >= 15 is 0 Å². The Kier molecular flexibility index (Phi) is 25.6. The van der Waals surface area contributed by atoms with E-state index in [4.69, 9.17) is 5.11 Å². The molecule has 0 radical (unpaired) electrons. The van der Waals surface area contributed by atoms with Crippen molar-refractivity contribution in [1.29, 1.82) is 0 Å². The average Bonchev–Trinajstić information content (AvgIpc) is 2.56. The summed E-state index contributed by atoms with van der Waals surface area (Å²) in [4.78, 5) is 10.4. The third-order valence-electron chi connectivity index (χ3n) is 4.65. The summed E-state index contributed by atoms with van der Waals surface area (Å²) in [6.07, 6.45) is 27.1. The van der Waals surface area contributed by atoms with Crippen molar-refractivity contribution in [2.75, 3.05) is 0 Å². The van der Waals surface area contributed by atoms with Crippen LogP contribution in [0.2, 0.25) is 0 Å². The first-order valence-electron chi connectivity index (χ1n) is 10.6. The number of aliphatic carboxylic acids is 1. The molecule has 150 valence electrons. The van der Waals surface area contributed by atoms with Crippen LogP contribution < -0.4 is 0 Å². The van der Waals surface area contributed by atoms with Gasteiger partial charge in [-0.15, -0.1) is 0 Å². The van der Waals surface area contributed by atoms with Gasteiger partial charge in [0.15, 0.2) is 0 Å². The monoisotopic (exact) mass is 394 g/mol. The standard InChI is InChI=1S/C22H42O2.Fe/c1-2-3-4-5-6-7-8-9-10-11-12-13-14-15-16-17-18-19-20-21-22(23)24;/h9-10H,2-8,11-21H2,1H3,(H,23,24);/b10-9-;. The van der Waals surface area contributed by atoms with Crippen LogP contribution in [0, 0.1) is 0 Å². The molecule has 0 atom stereocenters. The summed E-state index contributed by atoms with van der Waals surface area (Å²) in [5, 5.41) is 8.55. The molecular weight excluding hydrogens is 352 g/mol. The van der Waals surface area contributed by atoms with Gasteiger partial charge in [0.05, 0.1) is 0 Å². The minimum atomic E-state index is -0.656. The zero-order valence-corrected chi connectivity index (χ0v) is 17.7. The number of allylic oxidation sites excluding steroid dienone is 2. The molecule has 2 nitrogen and oxygen atoms in total. The maximum Gasteiger partial charge on any atom is 0.303 e. The van der Waals surface area contributed by atoms with Crippen molar-refractivity contribution in [1.82, 2.24) is 0 Å². The fourth-order valence-corrected chi connectivity index (χ4v) is 3.05. The van der Waals surface area contributed by atoms with E-state index in [1.165, 1.54) is 96.3 Å². The smallest absolute Gasteiger partial charge is 0.303 e. The molecule has 3 heteroatoms. The fraction of sp³-hybridized carbons (Fsp3) is 0.864. The van der Waals surface area contributed by atoms with Gasteiger partial charge in [0.25, 0.3) is 0 Å². The van der Waals surface area contributed by atoms with Crippen molar-refractivity contribution in [3.63, 3.8) is 0 Å². The predicted molar refractivity (Wildman–Crippen MR) is 106 cm³/mol. The Morgan fingerprint density at radius 2 is 1.00 bits per heavy atom. The van der Waals surface area contributed by atoms with Crippen LogP contribution in [0.4, 0.5) is 0 Å². The molecule has 0 aromatic heterocycles. The second-order valence-corrected chi connectivity index (χ2v) is 7.14. The second kappa shape index (κ2) is 23.7. The van der Waals surface area contributed by atoms with E-state index in [9.17, 15) is 4.79 Å². The Bertz CT molecular complexity index is 290. The van der Waals surface area contributed by atoms with E-state index in [2.05, 4.69) is 19.1 Å². The van der Waals surface area contributed by atoms with Crippen molar-refractivity contribution in [3.8, 4) is 0 Å². The summed E-state index contributed by atoms with van der Waals surface area (Å²) in [7, 11) is 0. The Labute approximate surface area is 167 Å². The van der Waals surface area contributed by atoms with Gasteiger partial charge in [-0.2, -0.15) is 0 Å². The van der Waals surface area contributed by atoms with Gasteiger partial charge in [-0.3, -0.25) is 4.79 Å². The number of carboxylic acids is 1. The molecule has 0 unspecified atom stereocenters. The Morgan fingerprint density at radius 1 is 0.640 bits per heavy atom. The summed E-state index contributed by atoms with van der Waals surface area (Å²) < 4.78 is 0. The van der Waals surface area contributed by atoms with Gasteiger partial charge in [-0.05, 0) is 32.1 Å². The van der Waals surface area contributed by atoms with Crippen molar-refractivity contribution in [2.24, 2.45) is 0 Å². The van der Waals surface area contributed by atoms with Crippen molar-refractivity contribution >= 4 is 5.97 Å². The third-order valence-corrected chi connectivity index (χ3v) is 4.65. The SMILES string of the molecule is CCCCCCCC/C=C\CCCCCCCCCCCC(=O)O.[Fe]. The molecule has 0 aliphatic heterocycles. The van der Waals surface area contributed by atoms with Crippen molar-refractivity contribution in [3.05, 3.63) is 12.2 Å². The van der Waals surface area contributed by atoms with Gasteiger partial charge in [-0.25, -0.2) is 0 Å². The summed E-state index contributed by atoms with van der Waals surface area (Å²) in [5.74, 6) is -0.656. The normalized spacial score (nSPS) is 10.9. The Morgan fingerprint density at radius 3 is 1.40 bits per heavy atom. The van der Waals surface area contributed by atoms with Gasteiger partial charge < -0.3 is 5.11 Å². The zero-order valence-electron chi connectivity index (χ0n) is 16.6. The predicted octanol–water partition coefficient (Wildman–Crippen LogP) is 7.67. The largest absolute Gasteiger partial charge is 0.481 e. The van der Waals surface area contributed by atoms with E-state index in [1.807, 2.05) is 0 Å². The van der Waals surface area contributed by atoms with Crippen LogP contribution in [0.25, 0.3) is 0 Å². The van der Waals surface area contributed by atoms with E-state index < -0.39 is 5.97 Å². The number of carboxylic acid groups (broad SMARTS) is 1. The molecule has 0 fully saturated rings. The summed E-state index contributed by atoms with van der Waals surface area (Å²) >= 11 is 0. The molecule has 0 rings (SSSR count). The van der Waals surface area contributed by atoms with Crippen LogP contribution in [0.1, 0.15) is 122 Å². The molecule has 0 aromatic rings. The summed E-state index contributed by atoms with van der Waals surface area (Å²) in [6, 6.07) is 0. The number of unbranched alkanes of at least 4 members (excludes halogenated alkanes) is 15. The molecule has 0 aliphatic rings. The number of carbonyl (C=O) groups is 1. The van der Waals surface area contributed by atoms with Crippen LogP contribution in [0.3, 0.4) is 0 Å². The van der Waals surface area contributed by atoms with Crippen LogP contribution in [0.15, 0.2) is 12.2 Å². The van der Waals surface area contributed by atoms with Crippen LogP contribution in [0.5, 0.6) is 0 Å². The maximum absolute atomic E-state index is 10.4. The van der Waals surface area contributed by atoms with E-state index in [1.54, 1.807) is 0 Å². The topological polar surface area (TPSA) is 37.3 Å². The summed E-state index contributed by atoms with van der Waals surface area (Å²) in [5.41, 5.74) is 0. The molecule has 0 saturated carbocycles. The average molecular weight is 394 g/mol. The van der Waals surface area contributed by atoms with Crippen LogP contribution in [-0.4, -0.2) is 11.1 Å². The molecule has 0 saturated heterocycles. The second-order valence-electron chi connectivity index (χ2n) is 7.14. The fourth-order valence-electron chi connectivity index (χ4n) is 3.05. The number of hydrogen-bond donors (Lipinski definition) is 1. The molecule has 0 aromatic carbocycles. The molecular formula is C22H42FeO2. The Hall–Kier alpha value is -0.271. The Balaban J connectivity index is 0. The van der Waals surface area contributed by atoms with E-state index in [-0.39, 0.29) is 17.1 Å². The first kappa shape index (κ1) is 27.0. The molecule has 0 heterocycles.